The first-order valence-electron chi connectivity index (χ1n) is 9.37. The van der Waals surface area contributed by atoms with Gasteiger partial charge in [-0.3, -0.25) is 4.68 Å². The molecule has 4 heterocycles. The third-order valence-corrected chi connectivity index (χ3v) is 5.29. The second kappa shape index (κ2) is 6.70. The maximum Gasteiger partial charge on any atom is 0.160 e. The van der Waals surface area contributed by atoms with Gasteiger partial charge in [0, 0.05) is 25.5 Å². The van der Waals surface area contributed by atoms with E-state index in [2.05, 4.69) is 49.9 Å². The third kappa shape index (κ3) is 2.85. The van der Waals surface area contributed by atoms with E-state index >= 15 is 0 Å². The van der Waals surface area contributed by atoms with Gasteiger partial charge in [0.2, 0.25) is 0 Å². The summed E-state index contributed by atoms with van der Waals surface area (Å²) in [5.41, 5.74) is 4.86. The molecule has 1 aromatic carbocycles. The minimum Gasteiger partial charge on any atom is -0.371 e. The Bertz CT molecular complexity index is 889. The first-order chi connectivity index (χ1) is 12.9. The van der Waals surface area contributed by atoms with Gasteiger partial charge >= 0.3 is 0 Å². The van der Waals surface area contributed by atoms with Gasteiger partial charge in [0.1, 0.15) is 11.8 Å². The second-order valence-corrected chi connectivity index (χ2v) is 6.99. The lowest BCUT2D eigenvalue weighted by atomic mass is 9.97. The van der Waals surface area contributed by atoms with Crippen LogP contribution in [0.1, 0.15) is 29.3 Å². The maximum atomic E-state index is 6.08. The molecule has 1 atom stereocenters. The number of nitrogens with zero attached hydrogens (tertiary/aromatic N) is 4. The Balaban J connectivity index is 1.44. The summed E-state index contributed by atoms with van der Waals surface area (Å²) in [6, 6.07) is 10.7. The number of fused-ring (bicyclic) bond motifs is 2. The van der Waals surface area contributed by atoms with Gasteiger partial charge in [-0.2, -0.15) is 5.10 Å². The highest BCUT2D eigenvalue weighted by molar-refractivity contribution is 5.50. The molecule has 0 fully saturated rings. The number of benzene rings is 1. The normalized spacial score (nSPS) is 19.6. The van der Waals surface area contributed by atoms with Gasteiger partial charge in [0.05, 0.1) is 18.8 Å². The number of hydrogen-bond donors (Lipinski definition) is 1. The van der Waals surface area contributed by atoms with Crippen molar-refractivity contribution in [3.8, 4) is 11.5 Å². The molecule has 1 N–H and O–H groups in total. The van der Waals surface area contributed by atoms with Crippen LogP contribution in [0.5, 0.6) is 0 Å². The van der Waals surface area contributed by atoms with Crippen molar-refractivity contribution in [1.29, 1.82) is 0 Å². The molecule has 0 amide bonds. The highest BCUT2D eigenvalue weighted by Crippen LogP contribution is 2.30. The van der Waals surface area contributed by atoms with Gasteiger partial charge in [-0.1, -0.05) is 24.3 Å². The Morgan fingerprint density at radius 2 is 2.23 bits per heavy atom. The Hall–Kier alpha value is -2.44. The Labute approximate surface area is 152 Å². The van der Waals surface area contributed by atoms with E-state index in [1.165, 1.54) is 16.8 Å². The van der Waals surface area contributed by atoms with Crippen molar-refractivity contribution in [1.82, 2.24) is 24.6 Å². The zero-order valence-corrected chi connectivity index (χ0v) is 14.8. The molecule has 0 spiro atoms. The van der Waals surface area contributed by atoms with Crippen molar-refractivity contribution in [3.05, 3.63) is 59.5 Å². The minimum atomic E-state index is 0.0648. The Morgan fingerprint density at radius 3 is 3.23 bits per heavy atom. The summed E-state index contributed by atoms with van der Waals surface area (Å²) in [7, 11) is 0. The topological polar surface area (TPSA) is 56.9 Å². The largest absolute Gasteiger partial charge is 0.371 e. The average Bonchev–Trinajstić information content (AvgIpc) is 3.23. The van der Waals surface area contributed by atoms with E-state index < -0.39 is 0 Å². The highest BCUT2D eigenvalue weighted by Gasteiger charge is 2.23. The van der Waals surface area contributed by atoms with Crippen molar-refractivity contribution >= 4 is 0 Å². The fourth-order valence-electron chi connectivity index (χ4n) is 3.97. The van der Waals surface area contributed by atoms with Gasteiger partial charge in [0.15, 0.2) is 5.82 Å². The summed E-state index contributed by atoms with van der Waals surface area (Å²) >= 11 is 0. The number of hydrogen-bond acceptors (Lipinski definition) is 4. The fraction of sp³-hybridized carbons (Fsp3) is 0.400. The maximum absolute atomic E-state index is 6.08. The molecule has 0 unspecified atom stereocenters. The van der Waals surface area contributed by atoms with Crippen LogP contribution in [0.4, 0.5) is 0 Å². The average molecular weight is 349 g/mol. The quantitative estimate of drug-likeness (QED) is 0.790. The summed E-state index contributed by atoms with van der Waals surface area (Å²) in [6.45, 7) is 4.41. The van der Waals surface area contributed by atoms with Crippen molar-refractivity contribution in [2.45, 2.75) is 38.6 Å². The van der Waals surface area contributed by atoms with E-state index in [-0.39, 0.29) is 6.10 Å². The van der Waals surface area contributed by atoms with Crippen LogP contribution in [0.25, 0.3) is 11.5 Å². The molecular weight excluding hydrogens is 326 g/mol. The van der Waals surface area contributed by atoms with E-state index in [0.717, 1.165) is 57.1 Å². The molecule has 0 saturated heterocycles. The van der Waals surface area contributed by atoms with E-state index in [9.17, 15) is 0 Å². The number of aromatic nitrogens is 4. The molecule has 5 rings (SSSR count). The summed E-state index contributed by atoms with van der Waals surface area (Å²) in [5.74, 6) is 0.914. The van der Waals surface area contributed by atoms with Crippen LogP contribution < -0.4 is 5.32 Å². The molecular formula is C20H23N5O. The summed E-state index contributed by atoms with van der Waals surface area (Å²) in [5, 5.41) is 8.25. The van der Waals surface area contributed by atoms with E-state index in [1.54, 1.807) is 0 Å². The van der Waals surface area contributed by atoms with Crippen LogP contribution in [0, 0.1) is 0 Å². The predicted molar refractivity (Wildman–Crippen MR) is 98.6 cm³/mol. The van der Waals surface area contributed by atoms with Gasteiger partial charge in [-0.25, -0.2) is 4.98 Å². The zero-order valence-electron chi connectivity index (χ0n) is 14.8. The van der Waals surface area contributed by atoms with Crippen molar-refractivity contribution in [2.24, 2.45) is 0 Å². The van der Waals surface area contributed by atoms with E-state index in [4.69, 9.17) is 9.84 Å². The number of aryl methyl sites for hydroxylation is 1. The number of nitrogens with one attached hydrogen (secondary N) is 1. The van der Waals surface area contributed by atoms with E-state index in [0.29, 0.717) is 0 Å². The lowest BCUT2D eigenvalue weighted by Crippen LogP contribution is -2.20. The first kappa shape index (κ1) is 15.8. The summed E-state index contributed by atoms with van der Waals surface area (Å²) in [6.07, 6.45) is 6.04. The molecule has 2 aromatic heterocycles. The molecule has 0 saturated carbocycles. The van der Waals surface area contributed by atoms with Crippen molar-refractivity contribution in [3.63, 3.8) is 0 Å². The smallest absolute Gasteiger partial charge is 0.160 e. The first-order valence-corrected chi connectivity index (χ1v) is 9.37. The van der Waals surface area contributed by atoms with Crippen LogP contribution in [0.3, 0.4) is 0 Å². The Morgan fingerprint density at radius 1 is 1.27 bits per heavy atom. The van der Waals surface area contributed by atoms with Crippen molar-refractivity contribution in [2.75, 3.05) is 13.2 Å². The van der Waals surface area contributed by atoms with Gasteiger partial charge < -0.3 is 14.6 Å². The van der Waals surface area contributed by atoms with Gasteiger partial charge in [-0.05, 0) is 36.6 Å². The number of rotatable bonds is 3. The highest BCUT2D eigenvalue weighted by atomic mass is 16.5. The molecule has 6 heteroatoms. The summed E-state index contributed by atoms with van der Waals surface area (Å²) < 4.78 is 10.4. The molecule has 2 aliphatic rings. The molecule has 6 nitrogen and oxygen atoms in total. The third-order valence-electron chi connectivity index (χ3n) is 5.29. The van der Waals surface area contributed by atoms with Crippen molar-refractivity contribution < 1.29 is 4.74 Å². The Kier molecular flexibility index (Phi) is 4.07. The molecule has 26 heavy (non-hydrogen) atoms. The van der Waals surface area contributed by atoms with Crippen LogP contribution in [-0.4, -0.2) is 32.5 Å². The number of imidazole rings is 1. The van der Waals surface area contributed by atoms with Gasteiger partial charge in [0.25, 0.3) is 0 Å². The minimum absolute atomic E-state index is 0.0648. The molecule has 0 radical (unpaired) electrons. The molecule has 134 valence electrons. The molecule has 0 aliphatic carbocycles. The zero-order chi connectivity index (χ0) is 17.3. The molecule has 0 bridgehead atoms. The molecule has 2 aliphatic heterocycles. The monoisotopic (exact) mass is 349 g/mol. The second-order valence-electron chi connectivity index (χ2n) is 6.99. The lowest BCUT2D eigenvalue weighted by Gasteiger charge is -2.26. The number of ether oxygens (including phenoxy) is 1. The fourth-order valence-corrected chi connectivity index (χ4v) is 3.97. The van der Waals surface area contributed by atoms with Crippen LogP contribution in [0.2, 0.25) is 0 Å². The predicted octanol–water partition coefficient (Wildman–Crippen LogP) is 2.55. The SMILES string of the molecule is c1ccc2c(c1)CCO[C@H]2Cn1ccnc1-c1cc2n(n1)CCCNC2. The van der Waals surface area contributed by atoms with Gasteiger partial charge in [-0.15, -0.1) is 0 Å². The van der Waals surface area contributed by atoms with E-state index in [1.807, 2.05) is 12.4 Å². The lowest BCUT2D eigenvalue weighted by molar-refractivity contribution is 0.0309. The van der Waals surface area contributed by atoms with Crippen LogP contribution >= 0.6 is 0 Å². The molecule has 3 aromatic rings. The van der Waals surface area contributed by atoms with Crippen LogP contribution in [0.15, 0.2) is 42.7 Å². The summed E-state index contributed by atoms with van der Waals surface area (Å²) in [4.78, 5) is 4.59. The van der Waals surface area contributed by atoms with Crippen LogP contribution in [-0.2, 0) is 30.8 Å². The standard InChI is InChI=1S/C20H23N5O/c1-2-5-17-15(4-1)6-11-26-19(17)14-24-10-8-22-20(24)18-12-16-13-21-7-3-9-25(16)23-18/h1-2,4-5,8,10,12,19,21H,3,6-7,9,11,13-14H2/t19-/m0/s1.